The number of halogens is 4. The van der Waals surface area contributed by atoms with Crippen molar-refractivity contribution in [3.05, 3.63) is 104 Å². The standard InChI is InChI=1S/C29H23Cl2F2N3O3/c1-16-2-11-22-21(12-16)26(18-5-9-20(31)10-6-18)27(28(39)34-22)23-13-24(17-3-7-19(30)8-4-17)36(35-23)25(38)14-29(32,33)15-37/h2-12,24,37H,13-15H2,1H3,(H,34,39). The minimum absolute atomic E-state index is 0.0963. The molecule has 1 aromatic heterocycles. The maximum atomic E-state index is 14.0. The van der Waals surface area contributed by atoms with Crippen molar-refractivity contribution in [1.29, 1.82) is 0 Å². The first-order chi connectivity index (χ1) is 18.6. The predicted octanol–water partition coefficient (Wildman–Crippen LogP) is 6.51. The summed E-state index contributed by atoms with van der Waals surface area (Å²) >= 11 is 12.2. The number of nitrogens with one attached hydrogen (secondary N) is 1. The molecule has 0 aliphatic carbocycles. The Morgan fingerprint density at radius 1 is 1.05 bits per heavy atom. The quantitative estimate of drug-likeness (QED) is 0.277. The van der Waals surface area contributed by atoms with Crippen LogP contribution < -0.4 is 5.56 Å². The van der Waals surface area contributed by atoms with E-state index in [1.54, 1.807) is 48.5 Å². The number of aryl methyl sites for hydroxylation is 1. The van der Waals surface area contributed by atoms with Crippen molar-refractivity contribution in [1.82, 2.24) is 9.99 Å². The number of amides is 1. The lowest BCUT2D eigenvalue weighted by Crippen LogP contribution is -2.34. The molecule has 0 bridgehead atoms. The number of carbonyl (C=O) groups excluding carboxylic acids is 1. The second-order valence-corrected chi connectivity index (χ2v) is 10.4. The highest BCUT2D eigenvalue weighted by Gasteiger charge is 2.40. The number of hydrogen-bond acceptors (Lipinski definition) is 4. The summed E-state index contributed by atoms with van der Waals surface area (Å²) in [6.45, 7) is 0.459. The van der Waals surface area contributed by atoms with Gasteiger partial charge in [0.15, 0.2) is 0 Å². The number of aromatic amines is 1. The molecule has 1 aliphatic heterocycles. The van der Waals surface area contributed by atoms with E-state index in [4.69, 9.17) is 28.3 Å². The topological polar surface area (TPSA) is 85.8 Å². The van der Waals surface area contributed by atoms with E-state index in [2.05, 4.69) is 10.1 Å². The maximum absolute atomic E-state index is 14.0. The lowest BCUT2D eigenvalue weighted by atomic mass is 9.90. The van der Waals surface area contributed by atoms with Gasteiger partial charge in [0, 0.05) is 32.9 Å². The molecular weight excluding hydrogens is 547 g/mol. The van der Waals surface area contributed by atoms with Gasteiger partial charge in [-0.15, -0.1) is 0 Å². The number of aliphatic hydroxyl groups is 1. The number of alkyl halides is 2. The van der Waals surface area contributed by atoms with Crippen LogP contribution in [0.25, 0.3) is 22.0 Å². The third-order valence-electron chi connectivity index (χ3n) is 6.65. The molecule has 10 heteroatoms. The highest BCUT2D eigenvalue weighted by molar-refractivity contribution is 6.31. The molecule has 0 saturated carbocycles. The molecule has 2 N–H and O–H groups in total. The normalized spacial score (nSPS) is 15.6. The van der Waals surface area contributed by atoms with E-state index in [1.807, 2.05) is 25.1 Å². The first kappa shape index (κ1) is 27.0. The van der Waals surface area contributed by atoms with Crippen molar-refractivity contribution in [2.75, 3.05) is 6.61 Å². The van der Waals surface area contributed by atoms with E-state index < -0.39 is 36.5 Å². The second-order valence-electron chi connectivity index (χ2n) is 9.51. The molecule has 0 fully saturated rings. The lowest BCUT2D eigenvalue weighted by molar-refractivity contribution is -0.143. The molecule has 39 heavy (non-hydrogen) atoms. The van der Waals surface area contributed by atoms with Crippen molar-refractivity contribution in [2.45, 2.75) is 31.7 Å². The van der Waals surface area contributed by atoms with Gasteiger partial charge in [0.2, 0.25) is 5.91 Å². The van der Waals surface area contributed by atoms with Crippen LogP contribution in [0, 0.1) is 6.92 Å². The second kappa shape index (κ2) is 10.5. The summed E-state index contributed by atoms with van der Waals surface area (Å²) in [5.41, 5.74) is 3.56. The van der Waals surface area contributed by atoms with Gasteiger partial charge in [-0.05, 0) is 54.4 Å². The molecular formula is C29H23Cl2F2N3O3. The van der Waals surface area contributed by atoms with Crippen LogP contribution in [-0.2, 0) is 4.79 Å². The average Bonchev–Trinajstić information content (AvgIpc) is 3.34. The predicted molar refractivity (Wildman–Crippen MR) is 149 cm³/mol. The van der Waals surface area contributed by atoms with Crippen LogP contribution in [0.15, 0.2) is 76.6 Å². The van der Waals surface area contributed by atoms with Gasteiger partial charge in [0.1, 0.15) is 6.61 Å². The molecule has 4 aromatic rings. The Labute approximate surface area is 232 Å². The lowest BCUT2D eigenvalue weighted by Gasteiger charge is -2.24. The minimum Gasteiger partial charge on any atom is -0.390 e. The first-order valence-electron chi connectivity index (χ1n) is 12.1. The van der Waals surface area contributed by atoms with E-state index in [-0.39, 0.29) is 17.7 Å². The van der Waals surface area contributed by atoms with Gasteiger partial charge in [-0.2, -0.15) is 5.10 Å². The third-order valence-corrected chi connectivity index (χ3v) is 7.16. The smallest absolute Gasteiger partial charge is 0.279 e. The Morgan fingerprint density at radius 2 is 1.69 bits per heavy atom. The summed E-state index contributed by atoms with van der Waals surface area (Å²) in [4.78, 5) is 29.6. The monoisotopic (exact) mass is 569 g/mol. The first-order valence-corrected chi connectivity index (χ1v) is 12.9. The van der Waals surface area contributed by atoms with Crippen molar-refractivity contribution >= 4 is 45.7 Å². The molecule has 200 valence electrons. The molecule has 1 atom stereocenters. The highest BCUT2D eigenvalue weighted by Crippen LogP contribution is 2.38. The zero-order chi connectivity index (χ0) is 27.9. The average molecular weight is 570 g/mol. The van der Waals surface area contributed by atoms with Gasteiger partial charge in [-0.3, -0.25) is 9.59 Å². The fourth-order valence-electron chi connectivity index (χ4n) is 4.79. The number of fused-ring (bicyclic) bond motifs is 1. The summed E-state index contributed by atoms with van der Waals surface area (Å²) in [6, 6.07) is 18.5. The maximum Gasteiger partial charge on any atom is 0.279 e. The summed E-state index contributed by atoms with van der Waals surface area (Å²) in [7, 11) is 0. The Hall–Kier alpha value is -3.59. The fraction of sp³-hybridized carbons (Fsp3) is 0.207. The van der Waals surface area contributed by atoms with Crippen molar-refractivity contribution < 1.29 is 18.7 Å². The third kappa shape index (κ3) is 5.45. The number of nitrogens with zero attached hydrogens (tertiary/aromatic N) is 2. The van der Waals surface area contributed by atoms with Crippen LogP contribution >= 0.6 is 23.2 Å². The number of aliphatic hydroxyl groups excluding tert-OH is 1. The number of carbonyl (C=O) groups is 1. The number of aromatic nitrogens is 1. The number of rotatable bonds is 6. The van der Waals surface area contributed by atoms with Crippen LogP contribution in [-0.4, -0.2) is 39.2 Å². The van der Waals surface area contributed by atoms with Crippen LogP contribution in [0.3, 0.4) is 0 Å². The SMILES string of the molecule is Cc1ccc2[nH]c(=O)c(C3=NN(C(=O)CC(F)(F)CO)C(c4ccc(Cl)cc4)C3)c(-c3ccc(Cl)cc3)c2c1. The highest BCUT2D eigenvalue weighted by atomic mass is 35.5. The molecule has 6 nitrogen and oxygen atoms in total. The Balaban J connectivity index is 1.71. The summed E-state index contributed by atoms with van der Waals surface area (Å²) in [5.74, 6) is -4.60. The number of pyridine rings is 1. The molecule has 1 unspecified atom stereocenters. The largest absolute Gasteiger partial charge is 0.390 e. The zero-order valence-electron chi connectivity index (χ0n) is 20.7. The van der Waals surface area contributed by atoms with E-state index in [0.29, 0.717) is 32.3 Å². The minimum atomic E-state index is -3.62. The summed E-state index contributed by atoms with van der Waals surface area (Å²) in [6.07, 6.45) is -1.14. The van der Waals surface area contributed by atoms with Crippen LogP contribution in [0.5, 0.6) is 0 Å². The van der Waals surface area contributed by atoms with Crippen LogP contribution in [0.2, 0.25) is 10.0 Å². The number of H-pyrrole nitrogens is 1. The zero-order valence-corrected chi connectivity index (χ0v) is 22.2. The number of hydrogen-bond donors (Lipinski definition) is 2. The molecule has 0 saturated heterocycles. The van der Waals surface area contributed by atoms with Crippen LogP contribution in [0.1, 0.15) is 35.6 Å². The molecule has 1 amide bonds. The van der Waals surface area contributed by atoms with Crippen molar-refractivity contribution in [2.24, 2.45) is 5.10 Å². The number of benzene rings is 3. The molecule has 0 radical (unpaired) electrons. The van der Waals surface area contributed by atoms with Gasteiger partial charge < -0.3 is 10.1 Å². The Kier molecular flexibility index (Phi) is 7.29. The van der Waals surface area contributed by atoms with Gasteiger partial charge in [-0.25, -0.2) is 13.8 Å². The summed E-state index contributed by atoms with van der Waals surface area (Å²) < 4.78 is 28.0. The van der Waals surface area contributed by atoms with Gasteiger partial charge >= 0.3 is 0 Å². The fourth-order valence-corrected chi connectivity index (χ4v) is 5.04. The van der Waals surface area contributed by atoms with Gasteiger partial charge in [0.25, 0.3) is 11.5 Å². The molecule has 5 rings (SSSR count). The molecule has 0 spiro atoms. The van der Waals surface area contributed by atoms with E-state index >= 15 is 0 Å². The van der Waals surface area contributed by atoms with Crippen LogP contribution in [0.4, 0.5) is 8.78 Å². The molecule has 1 aliphatic rings. The van der Waals surface area contributed by atoms with Gasteiger partial charge in [-0.1, -0.05) is 59.1 Å². The molecule has 2 heterocycles. The summed E-state index contributed by atoms with van der Waals surface area (Å²) in [5, 5.41) is 16.2. The Morgan fingerprint density at radius 3 is 2.33 bits per heavy atom. The Bertz CT molecular complexity index is 1650. The molecule has 3 aromatic carbocycles. The van der Waals surface area contributed by atoms with Crippen molar-refractivity contribution in [3.8, 4) is 11.1 Å². The van der Waals surface area contributed by atoms with E-state index in [1.165, 1.54) is 0 Å². The number of hydrazone groups is 1. The van der Waals surface area contributed by atoms with Crippen molar-refractivity contribution in [3.63, 3.8) is 0 Å². The van der Waals surface area contributed by atoms with Gasteiger partial charge in [0.05, 0.1) is 23.7 Å². The van der Waals surface area contributed by atoms with E-state index in [9.17, 15) is 18.4 Å². The van der Waals surface area contributed by atoms with E-state index in [0.717, 1.165) is 16.0 Å².